The highest BCUT2D eigenvalue weighted by atomic mass is 19.4. The standard InChI is InChI=1S/C18H13F4N3O4/c1-29-13-8-2-10(3-9-13)14(26)23-17(18(20,21)22)15(27)25(16(28)24-17)12-6-4-11(19)5-7-12/h2-9H,1H3,(H,23,26)(H,24,28). The molecule has 2 aromatic rings. The minimum atomic E-state index is -5.36. The lowest BCUT2D eigenvalue weighted by Crippen LogP contribution is -2.69. The summed E-state index contributed by atoms with van der Waals surface area (Å²) >= 11 is 0. The maximum atomic E-state index is 13.8. The van der Waals surface area contributed by atoms with E-state index in [0.29, 0.717) is 5.75 Å². The van der Waals surface area contributed by atoms with Crippen LogP contribution in [0, 0.1) is 5.82 Å². The van der Waals surface area contributed by atoms with Gasteiger partial charge in [-0.2, -0.15) is 13.2 Å². The number of anilines is 1. The SMILES string of the molecule is COc1ccc(C(=O)NC2(C(F)(F)F)NC(=O)N(c3ccc(F)cc3)C2=O)cc1. The molecule has 7 nitrogen and oxygen atoms in total. The molecule has 0 radical (unpaired) electrons. The predicted molar refractivity (Wildman–Crippen MR) is 91.7 cm³/mol. The summed E-state index contributed by atoms with van der Waals surface area (Å²) in [5.41, 5.74) is -4.18. The van der Waals surface area contributed by atoms with Crippen molar-refractivity contribution in [3.05, 3.63) is 59.9 Å². The summed E-state index contributed by atoms with van der Waals surface area (Å²) in [4.78, 5) is 37.3. The van der Waals surface area contributed by atoms with Crippen molar-refractivity contribution >= 4 is 23.5 Å². The zero-order valence-corrected chi connectivity index (χ0v) is 14.7. The number of hydrogen-bond acceptors (Lipinski definition) is 4. The van der Waals surface area contributed by atoms with Gasteiger partial charge in [0.05, 0.1) is 12.8 Å². The van der Waals surface area contributed by atoms with Crippen molar-refractivity contribution in [1.82, 2.24) is 10.6 Å². The fourth-order valence-corrected chi connectivity index (χ4v) is 2.69. The van der Waals surface area contributed by atoms with E-state index < -0.39 is 35.5 Å². The summed E-state index contributed by atoms with van der Waals surface area (Å²) in [5.74, 6) is -3.38. The maximum Gasteiger partial charge on any atom is 0.440 e. The highest BCUT2D eigenvalue weighted by molar-refractivity contribution is 6.24. The molecular formula is C18H13F4N3O4. The summed E-state index contributed by atoms with van der Waals surface area (Å²) < 4.78 is 59.5. The van der Waals surface area contributed by atoms with Gasteiger partial charge in [0.15, 0.2) is 0 Å². The maximum absolute atomic E-state index is 13.8. The van der Waals surface area contributed by atoms with Gasteiger partial charge in [-0.15, -0.1) is 0 Å². The number of carbonyl (C=O) groups is 3. The smallest absolute Gasteiger partial charge is 0.440 e. The van der Waals surface area contributed by atoms with E-state index in [1.54, 1.807) is 5.32 Å². The van der Waals surface area contributed by atoms with Crippen LogP contribution < -0.4 is 20.3 Å². The summed E-state index contributed by atoms with van der Waals surface area (Å²) in [6.07, 6.45) is -5.36. The van der Waals surface area contributed by atoms with Crippen molar-refractivity contribution in [3.63, 3.8) is 0 Å². The number of urea groups is 1. The summed E-state index contributed by atoms with van der Waals surface area (Å²) in [5, 5.41) is 3.08. The highest BCUT2D eigenvalue weighted by Crippen LogP contribution is 2.36. The molecule has 2 N–H and O–H groups in total. The number of hydrogen-bond donors (Lipinski definition) is 2. The van der Waals surface area contributed by atoms with Gasteiger partial charge in [-0.1, -0.05) is 0 Å². The number of rotatable bonds is 4. The number of methoxy groups -OCH3 is 1. The van der Waals surface area contributed by atoms with Crippen molar-refractivity contribution in [2.24, 2.45) is 0 Å². The van der Waals surface area contributed by atoms with Crippen molar-refractivity contribution in [2.45, 2.75) is 11.8 Å². The third-order valence-electron chi connectivity index (χ3n) is 4.18. The molecule has 1 fully saturated rings. The van der Waals surface area contributed by atoms with E-state index in [-0.39, 0.29) is 16.2 Å². The molecule has 11 heteroatoms. The van der Waals surface area contributed by atoms with E-state index in [1.165, 1.54) is 36.7 Å². The van der Waals surface area contributed by atoms with Crippen molar-refractivity contribution in [2.75, 3.05) is 12.0 Å². The number of alkyl halides is 3. The second kappa shape index (κ2) is 7.08. The Morgan fingerprint density at radius 1 is 1.07 bits per heavy atom. The Balaban J connectivity index is 1.96. The van der Waals surface area contributed by atoms with Gasteiger partial charge in [-0.05, 0) is 48.5 Å². The minimum Gasteiger partial charge on any atom is -0.497 e. The first-order valence-electron chi connectivity index (χ1n) is 8.04. The quantitative estimate of drug-likeness (QED) is 0.598. The molecule has 3 rings (SSSR count). The zero-order chi connectivity index (χ0) is 21.4. The van der Waals surface area contributed by atoms with Gasteiger partial charge in [0.2, 0.25) is 0 Å². The van der Waals surface area contributed by atoms with Crippen LogP contribution in [0.2, 0.25) is 0 Å². The van der Waals surface area contributed by atoms with Gasteiger partial charge in [-0.3, -0.25) is 14.9 Å². The van der Waals surface area contributed by atoms with Crippen LogP contribution in [0.15, 0.2) is 48.5 Å². The third-order valence-corrected chi connectivity index (χ3v) is 4.18. The van der Waals surface area contributed by atoms with Crippen LogP contribution in [0.25, 0.3) is 0 Å². The Bertz CT molecular complexity index is 961. The molecular weight excluding hydrogens is 398 g/mol. The lowest BCUT2D eigenvalue weighted by Gasteiger charge is -2.29. The molecule has 2 aromatic carbocycles. The van der Waals surface area contributed by atoms with E-state index in [1.807, 2.05) is 0 Å². The first kappa shape index (κ1) is 20.1. The van der Waals surface area contributed by atoms with Crippen LogP contribution in [-0.4, -0.2) is 36.8 Å². The Morgan fingerprint density at radius 3 is 2.17 bits per heavy atom. The fourth-order valence-electron chi connectivity index (χ4n) is 2.69. The van der Waals surface area contributed by atoms with Crippen molar-refractivity contribution in [1.29, 1.82) is 0 Å². The molecule has 0 aliphatic carbocycles. The number of benzene rings is 2. The molecule has 1 unspecified atom stereocenters. The number of carbonyl (C=O) groups excluding carboxylic acids is 3. The van der Waals surface area contributed by atoms with E-state index in [4.69, 9.17) is 4.74 Å². The van der Waals surface area contributed by atoms with Gasteiger partial charge in [0, 0.05) is 5.56 Å². The van der Waals surface area contributed by atoms with Gasteiger partial charge in [0.1, 0.15) is 11.6 Å². The average Bonchev–Trinajstić information content (AvgIpc) is 2.93. The molecule has 0 bridgehead atoms. The molecule has 0 aromatic heterocycles. The van der Waals surface area contributed by atoms with E-state index >= 15 is 0 Å². The second-order valence-corrected chi connectivity index (χ2v) is 5.98. The lowest BCUT2D eigenvalue weighted by atomic mass is 10.1. The van der Waals surface area contributed by atoms with Gasteiger partial charge >= 0.3 is 12.2 Å². The van der Waals surface area contributed by atoms with Gasteiger partial charge in [0.25, 0.3) is 17.5 Å². The van der Waals surface area contributed by atoms with E-state index in [9.17, 15) is 31.9 Å². The molecule has 152 valence electrons. The molecule has 0 spiro atoms. The number of nitrogens with one attached hydrogen (secondary N) is 2. The Labute approximate surface area is 161 Å². The predicted octanol–water partition coefficient (Wildman–Crippen LogP) is 2.58. The Hall–Kier alpha value is -3.63. The molecule has 1 aliphatic heterocycles. The lowest BCUT2D eigenvalue weighted by molar-refractivity contribution is -0.197. The Kier molecular flexibility index (Phi) is 4.91. The van der Waals surface area contributed by atoms with Crippen LogP contribution in [-0.2, 0) is 4.79 Å². The zero-order valence-electron chi connectivity index (χ0n) is 14.7. The van der Waals surface area contributed by atoms with Crippen LogP contribution in [0.4, 0.5) is 28.0 Å². The molecule has 0 saturated carbocycles. The molecule has 1 atom stereocenters. The molecule has 1 heterocycles. The van der Waals surface area contributed by atoms with E-state index in [0.717, 1.165) is 24.3 Å². The number of ether oxygens (including phenoxy) is 1. The number of nitrogens with zero attached hydrogens (tertiary/aromatic N) is 1. The van der Waals surface area contributed by atoms with Gasteiger partial charge in [-0.25, -0.2) is 14.1 Å². The monoisotopic (exact) mass is 411 g/mol. The Morgan fingerprint density at radius 2 is 1.66 bits per heavy atom. The van der Waals surface area contributed by atoms with Crippen LogP contribution in [0.3, 0.4) is 0 Å². The second-order valence-electron chi connectivity index (χ2n) is 5.98. The van der Waals surface area contributed by atoms with Crippen molar-refractivity contribution < 1.29 is 36.7 Å². The molecule has 29 heavy (non-hydrogen) atoms. The van der Waals surface area contributed by atoms with Crippen LogP contribution in [0.5, 0.6) is 5.75 Å². The summed E-state index contributed by atoms with van der Waals surface area (Å²) in [6.45, 7) is 0. The summed E-state index contributed by atoms with van der Waals surface area (Å²) in [6, 6.07) is 7.32. The minimum absolute atomic E-state index is 0.182. The summed E-state index contributed by atoms with van der Waals surface area (Å²) in [7, 11) is 1.37. The first-order chi connectivity index (χ1) is 13.6. The topological polar surface area (TPSA) is 87.7 Å². The molecule has 1 aliphatic rings. The molecule has 4 amide bonds. The van der Waals surface area contributed by atoms with Crippen LogP contribution >= 0.6 is 0 Å². The van der Waals surface area contributed by atoms with Crippen LogP contribution in [0.1, 0.15) is 10.4 Å². The average molecular weight is 411 g/mol. The number of amides is 4. The molecule has 1 saturated heterocycles. The fraction of sp³-hybridized carbons (Fsp3) is 0.167. The number of imide groups is 1. The number of halogens is 4. The van der Waals surface area contributed by atoms with Crippen molar-refractivity contribution in [3.8, 4) is 5.75 Å². The normalized spacial score (nSPS) is 19.1. The highest BCUT2D eigenvalue weighted by Gasteiger charge is 2.69. The third kappa shape index (κ3) is 3.46. The first-order valence-corrected chi connectivity index (χ1v) is 8.04. The van der Waals surface area contributed by atoms with Gasteiger partial charge < -0.3 is 10.1 Å². The largest absolute Gasteiger partial charge is 0.497 e. The van der Waals surface area contributed by atoms with E-state index in [2.05, 4.69) is 0 Å².